The number of hydrogen-bond acceptors (Lipinski definition) is 9. The van der Waals surface area contributed by atoms with Crippen molar-refractivity contribution in [1.29, 1.82) is 0 Å². The van der Waals surface area contributed by atoms with Crippen molar-refractivity contribution in [1.82, 2.24) is 10.2 Å². The number of carbonyl (C=O) groups excluding carboxylic acids is 3. The summed E-state index contributed by atoms with van der Waals surface area (Å²) in [5.41, 5.74) is 2.81. The van der Waals surface area contributed by atoms with Crippen molar-refractivity contribution in [2.45, 2.75) is 82.5 Å². The maximum atomic E-state index is 15.4. The van der Waals surface area contributed by atoms with Crippen LogP contribution in [0.5, 0.6) is 11.5 Å². The minimum atomic E-state index is -2.62. The van der Waals surface area contributed by atoms with Gasteiger partial charge in [-0.25, -0.2) is 0 Å². The zero-order valence-electron chi connectivity index (χ0n) is 37.2. The Labute approximate surface area is 372 Å². The highest BCUT2D eigenvalue weighted by Gasteiger charge is 2.66. The molecule has 0 aliphatic carbocycles. The van der Waals surface area contributed by atoms with Crippen molar-refractivity contribution in [3.05, 3.63) is 120 Å². The number of benzene rings is 4. The number of nitrogens with zero attached hydrogens (tertiary/aromatic N) is 3. The number of amides is 3. The zero-order valence-corrected chi connectivity index (χ0v) is 38.2. The minimum Gasteiger partial charge on any atom is -0.497 e. The molecule has 13 heteroatoms. The summed E-state index contributed by atoms with van der Waals surface area (Å²) in [4.78, 5) is 49.7. The van der Waals surface area contributed by atoms with E-state index in [2.05, 4.69) is 44.0 Å². The molecule has 0 bridgehead atoms. The zero-order chi connectivity index (χ0) is 44.9. The van der Waals surface area contributed by atoms with Gasteiger partial charge in [-0.2, -0.15) is 0 Å². The van der Waals surface area contributed by atoms with Gasteiger partial charge in [-0.05, 0) is 97.9 Å². The van der Waals surface area contributed by atoms with E-state index in [1.54, 1.807) is 27.9 Å². The van der Waals surface area contributed by atoms with E-state index in [0.717, 1.165) is 34.2 Å². The summed E-state index contributed by atoms with van der Waals surface area (Å²) >= 11 is 0. The summed E-state index contributed by atoms with van der Waals surface area (Å²) in [7, 11) is -0.985. The summed E-state index contributed by atoms with van der Waals surface area (Å²) in [6.45, 7) is 14.2. The largest absolute Gasteiger partial charge is 0.497 e. The fourth-order valence-electron chi connectivity index (χ4n) is 10.2. The van der Waals surface area contributed by atoms with Gasteiger partial charge in [0.2, 0.25) is 11.8 Å². The molecule has 3 heterocycles. The van der Waals surface area contributed by atoms with Crippen molar-refractivity contribution in [3.63, 3.8) is 0 Å². The maximum absolute atomic E-state index is 15.4. The number of unbranched alkanes of at least 4 members (excludes halogenated alkanes) is 1. The van der Waals surface area contributed by atoms with Gasteiger partial charge >= 0.3 is 0 Å². The molecule has 4 aromatic rings. The van der Waals surface area contributed by atoms with Gasteiger partial charge < -0.3 is 39.5 Å². The Balaban J connectivity index is 1.34. The van der Waals surface area contributed by atoms with Crippen LogP contribution in [0.4, 0.5) is 17.1 Å². The second-order valence-corrected chi connectivity index (χ2v) is 22.0. The molecule has 3 aliphatic rings. The first-order chi connectivity index (χ1) is 30.4. The molecule has 0 aromatic heterocycles. The Bertz CT molecular complexity index is 2270. The molecule has 4 aromatic carbocycles. The summed E-state index contributed by atoms with van der Waals surface area (Å²) in [5.74, 6) is 0.514. The molecule has 3 N–H and O–H groups in total. The Morgan fingerprint density at radius 1 is 0.984 bits per heavy atom. The van der Waals surface area contributed by atoms with Crippen LogP contribution in [0, 0.1) is 5.92 Å². The molecule has 5 atom stereocenters. The summed E-state index contributed by atoms with van der Waals surface area (Å²) in [6, 6.07) is 28.8. The highest BCUT2D eigenvalue weighted by molar-refractivity contribution is 6.91. The third-order valence-corrected chi connectivity index (χ3v) is 17.6. The summed E-state index contributed by atoms with van der Waals surface area (Å²) in [5, 5.41) is 24.1. The monoisotopic (exact) mass is 874 g/mol. The predicted molar refractivity (Wildman–Crippen MR) is 249 cm³/mol. The third-order valence-electron chi connectivity index (χ3n) is 13.2. The van der Waals surface area contributed by atoms with Crippen LogP contribution >= 0.6 is 0 Å². The molecule has 3 aliphatic heterocycles. The van der Waals surface area contributed by atoms with Gasteiger partial charge in [-0.3, -0.25) is 19.3 Å². The van der Waals surface area contributed by atoms with Gasteiger partial charge in [0.25, 0.3) is 5.91 Å². The number of anilines is 3. The first kappa shape index (κ1) is 45.7. The molecule has 12 nitrogen and oxygen atoms in total. The van der Waals surface area contributed by atoms with Crippen molar-refractivity contribution >= 4 is 48.0 Å². The highest BCUT2D eigenvalue weighted by atomic mass is 28.3. The van der Waals surface area contributed by atoms with Crippen molar-refractivity contribution in [2.24, 2.45) is 5.92 Å². The van der Waals surface area contributed by atoms with Gasteiger partial charge in [-0.15, -0.1) is 6.58 Å². The topological polar surface area (TPSA) is 141 Å². The van der Waals surface area contributed by atoms with Gasteiger partial charge in [-0.1, -0.05) is 73.7 Å². The van der Waals surface area contributed by atoms with E-state index in [-0.39, 0.29) is 56.0 Å². The van der Waals surface area contributed by atoms with E-state index in [0.29, 0.717) is 55.2 Å². The molecule has 7 rings (SSSR count). The lowest BCUT2D eigenvalue weighted by atomic mass is 9.82. The number of hydrogen-bond donors (Lipinski definition) is 3. The quantitative estimate of drug-likeness (QED) is 0.0571. The van der Waals surface area contributed by atoms with Crippen LogP contribution in [0.25, 0.3) is 0 Å². The first-order valence-corrected chi connectivity index (χ1v) is 25.3. The van der Waals surface area contributed by atoms with E-state index in [1.165, 1.54) is 0 Å². The van der Waals surface area contributed by atoms with E-state index >= 15 is 4.79 Å². The predicted octanol–water partition coefficient (Wildman–Crippen LogP) is 6.21. The molecule has 334 valence electrons. The average molecular weight is 875 g/mol. The van der Waals surface area contributed by atoms with Crippen LogP contribution in [0.15, 0.2) is 104 Å². The summed E-state index contributed by atoms with van der Waals surface area (Å²) < 4.78 is 18.8. The van der Waals surface area contributed by atoms with Gasteiger partial charge in [0.15, 0.2) is 5.60 Å². The van der Waals surface area contributed by atoms with Crippen molar-refractivity contribution in [3.8, 4) is 11.5 Å². The molecule has 1 fully saturated rings. The van der Waals surface area contributed by atoms with Crippen LogP contribution < -0.4 is 29.8 Å². The highest BCUT2D eigenvalue weighted by Crippen LogP contribution is 2.60. The number of aliphatic hydroxyl groups excluding tert-OH is 2. The Hall–Kier alpha value is -5.31. The molecular weight excluding hydrogens is 813 g/mol. The number of carbonyl (C=O) groups is 3. The number of methoxy groups -OCH3 is 1. The van der Waals surface area contributed by atoms with E-state index in [4.69, 9.17) is 14.2 Å². The van der Waals surface area contributed by atoms with Crippen LogP contribution in [0.3, 0.4) is 0 Å². The Morgan fingerprint density at radius 3 is 2.40 bits per heavy atom. The second kappa shape index (κ2) is 19.6. The maximum Gasteiger partial charge on any atom is 0.264 e. The number of ether oxygens (including phenoxy) is 3. The van der Waals surface area contributed by atoms with E-state index in [1.807, 2.05) is 85.8 Å². The molecule has 0 radical (unpaired) electrons. The lowest BCUT2D eigenvalue weighted by molar-refractivity contribution is -0.149. The number of aliphatic hydroxyl groups is 2. The smallest absolute Gasteiger partial charge is 0.264 e. The van der Waals surface area contributed by atoms with E-state index in [9.17, 15) is 19.8 Å². The van der Waals surface area contributed by atoms with Crippen LogP contribution in [0.1, 0.15) is 49.8 Å². The Morgan fingerprint density at radius 2 is 1.71 bits per heavy atom. The second-order valence-electron chi connectivity index (χ2n) is 17.3. The molecule has 1 spiro atoms. The number of rotatable bonds is 19. The summed E-state index contributed by atoms with van der Waals surface area (Å²) in [6.07, 6.45) is 2.84. The number of nitrogens with one attached hydrogen (secondary N) is 1. The van der Waals surface area contributed by atoms with Crippen LogP contribution in [-0.4, -0.2) is 99.6 Å². The standard InChI is InChI=1S/C50H62N4O8Si/c1-7-25-53-44-22-16-37(54-43-23-19-39(61-8-2)29-36(43)30-42(48(54)58)51-24-12-13-27-55)31-41(44)50(49(53)59)34(3)47(63(5,6)40-20-17-38(60-4)18-21-40)45(62-50)32-46(57)52(26-28-56)33-35-14-10-9-11-15-35/h7,9-11,14-23,29,31,34,42,45,47,51,55-56H,1,8,12-13,24-28,30,32-33H2,2-6H3/t34-,42?,45+,47-,50+/m1/s1. The molecule has 1 unspecified atom stereocenters. The molecule has 0 saturated carbocycles. The minimum absolute atomic E-state index is 0.00369. The fraction of sp³-hybridized carbons (Fsp3) is 0.420. The average Bonchev–Trinajstić information content (AvgIpc) is 3.71. The van der Waals surface area contributed by atoms with E-state index < -0.39 is 31.7 Å². The lowest BCUT2D eigenvalue weighted by Gasteiger charge is -2.37. The van der Waals surface area contributed by atoms with Gasteiger partial charge in [0, 0.05) is 43.4 Å². The third kappa shape index (κ3) is 8.81. The van der Waals surface area contributed by atoms with Gasteiger partial charge in [0.05, 0.1) is 58.3 Å². The molecular formula is C50H62N4O8Si. The van der Waals surface area contributed by atoms with Crippen molar-refractivity contribution in [2.75, 3.05) is 56.4 Å². The van der Waals surface area contributed by atoms with Crippen molar-refractivity contribution < 1.29 is 38.8 Å². The lowest BCUT2D eigenvalue weighted by Crippen LogP contribution is -2.52. The Kier molecular flexibility index (Phi) is 14.2. The SMILES string of the molecule is C=CCN1C(=O)[C@@]2(O[C@@H](CC(=O)N(CCO)Cc3ccccc3)[C@H]([Si](C)(C)c3ccc(OC)cc3)[C@H]2C)c2cc(N3C(=O)C(NCCCCO)Cc4cc(OCC)ccc43)ccc21. The molecule has 1 saturated heterocycles. The first-order valence-electron chi connectivity index (χ1n) is 22.2. The fourth-order valence-corrected chi connectivity index (χ4v) is 14.2. The van der Waals surface area contributed by atoms with Gasteiger partial charge in [0.1, 0.15) is 11.5 Å². The molecule has 63 heavy (non-hydrogen) atoms. The number of fused-ring (bicyclic) bond motifs is 3. The van der Waals surface area contributed by atoms with Crippen LogP contribution in [-0.2, 0) is 37.7 Å². The normalized spacial score (nSPS) is 21.7. The molecule has 3 amide bonds. The van der Waals surface area contributed by atoms with Crippen LogP contribution in [0.2, 0.25) is 18.6 Å².